The normalized spacial score (nSPS) is 17.0. The maximum atomic E-state index is 12.8. The molecule has 1 aromatic heterocycles. The zero-order valence-electron chi connectivity index (χ0n) is 15.5. The smallest absolute Gasteiger partial charge is 0.354 e. The number of anilines is 1. The molecule has 0 saturated carbocycles. The number of amides is 2. The van der Waals surface area contributed by atoms with E-state index in [-0.39, 0.29) is 4.21 Å². The van der Waals surface area contributed by atoms with Crippen molar-refractivity contribution < 1.29 is 13.7 Å². The number of nitrogens with zero attached hydrogens (tertiary/aromatic N) is 2. The average molecular weight is 407 g/mol. The first-order valence-electron chi connectivity index (χ1n) is 8.75. The van der Waals surface area contributed by atoms with Crippen molar-refractivity contribution >= 4 is 33.0 Å². The molecule has 144 valence electrons. The van der Waals surface area contributed by atoms with Gasteiger partial charge in [-0.15, -0.1) is 15.7 Å². The van der Waals surface area contributed by atoms with Crippen molar-refractivity contribution in [3.63, 3.8) is 0 Å². The van der Waals surface area contributed by atoms with Gasteiger partial charge in [0.2, 0.25) is 0 Å². The lowest BCUT2D eigenvalue weighted by Crippen LogP contribution is -2.24. The summed E-state index contributed by atoms with van der Waals surface area (Å²) in [7, 11) is -1.80. The highest BCUT2D eigenvalue weighted by Gasteiger charge is 2.29. The molecule has 0 spiro atoms. The molecule has 2 aromatic rings. The first-order valence-corrected chi connectivity index (χ1v) is 11.1. The number of aromatic nitrogens is 1. The number of nitrogens with one attached hydrogen (secondary N) is 1. The van der Waals surface area contributed by atoms with Crippen LogP contribution < -0.4 is 10.5 Å². The predicted molar refractivity (Wildman–Crippen MR) is 105 cm³/mol. The van der Waals surface area contributed by atoms with Gasteiger partial charge in [-0.25, -0.2) is 19.1 Å². The molecule has 9 heteroatoms. The lowest BCUT2D eigenvalue weighted by molar-refractivity contribution is 0.0190. The van der Waals surface area contributed by atoms with E-state index in [1.807, 2.05) is 13.8 Å². The van der Waals surface area contributed by atoms with Gasteiger partial charge >= 0.3 is 6.03 Å². The van der Waals surface area contributed by atoms with Crippen molar-refractivity contribution in [2.45, 2.75) is 49.3 Å². The molecule has 2 amide bonds. The molecule has 2 aliphatic carbocycles. The Bertz CT molecular complexity index is 1030. The van der Waals surface area contributed by atoms with Crippen molar-refractivity contribution in [2.24, 2.45) is 9.50 Å². The number of nitrogens with two attached hydrogens (primary N) is 1. The summed E-state index contributed by atoms with van der Waals surface area (Å²) >= 11 is 1.14. The molecule has 0 saturated heterocycles. The van der Waals surface area contributed by atoms with Crippen LogP contribution in [0.25, 0.3) is 0 Å². The number of carbonyl (C=O) groups excluding carboxylic acids is 1. The Morgan fingerprint density at radius 3 is 2.44 bits per heavy atom. The van der Waals surface area contributed by atoms with Gasteiger partial charge in [0.25, 0.3) is 0 Å². The van der Waals surface area contributed by atoms with Gasteiger partial charge in [-0.05, 0) is 61.8 Å². The van der Waals surface area contributed by atoms with Gasteiger partial charge in [-0.1, -0.05) is 6.07 Å². The molecule has 3 N–H and O–H groups in total. The number of hydrogen-bond donors (Lipinski definition) is 2. The third kappa shape index (κ3) is 3.18. The van der Waals surface area contributed by atoms with Crippen molar-refractivity contribution in [3.05, 3.63) is 39.5 Å². The topological polar surface area (TPSA) is 107 Å². The minimum absolute atomic E-state index is 0.256. The van der Waals surface area contributed by atoms with Crippen LogP contribution in [-0.2, 0) is 45.9 Å². The van der Waals surface area contributed by atoms with E-state index in [0.29, 0.717) is 5.01 Å². The average Bonchev–Trinajstić information content (AvgIpc) is 3.03. The molecule has 7 nitrogen and oxygen atoms in total. The van der Waals surface area contributed by atoms with Gasteiger partial charge in [0, 0.05) is 12.8 Å². The summed E-state index contributed by atoms with van der Waals surface area (Å²) in [6, 6.07) is 1.55. The van der Waals surface area contributed by atoms with Crippen molar-refractivity contribution in [3.8, 4) is 0 Å². The van der Waals surface area contributed by atoms with Crippen molar-refractivity contribution in [1.82, 2.24) is 4.98 Å². The number of carbonyl (C=O) groups is 1. The molecule has 1 aromatic carbocycles. The maximum absolute atomic E-state index is 12.8. The Labute approximate surface area is 162 Å². The number of benzene rings is 1. The number of hydrogen-bond acceptors (Lipinski definition) is 5. The quantitative estimate of drug-likeness (QED) is 0.813. The Hall–Kier alpha value is -1.81. The van der Waals surface area contributed by atoms with E-state index in [1.54, 1.807) is 7.11 Å². The number of fused-ring (bicyclic) bond motifs is 2. The zero-order chi connectivity index (χ0) is 19.4. The summed E-state index contributed by atoms with van der Waals surface area (Å²) in [5.74, 6) is 0. The lowest BCUT2D eigenvalue weighted by Gasteiger charge is -2.31. The van der Waals surface area contributed by atoms with E-state index in [0.717, 1.165) is 42.7 Å². The Morgan fingerprint density at radius 1 is 1.30 bits per heavy atom. The zero-order valence-corrected chi connectivity index (χ0v) is 17.1. The number of methoxy groups -OCH3 is 1. The van der Waals surface area contributed by atoms with Crippen LogP contribution in [0.4, 0.5) is 10.5 Å². The minimum Gasteiger partial charge on any atom is -0.372 e. The van der Waals surface area contributed by atoms with Gasteiger partial charge in [-0.2, -0.15) is 0 Å². The molecule has 0 aliphatic heterocycles. The van der Waals surface area contributed by atoms with E-state index in [2.05, 4.69) is 20.7 Å². The number of aryl methyl sites for hydroxylation is 2. The number of rotatable bonds is 4. The Kier molecular flexibility index (Phi) is 4.38. The Balaban J connectivity index is 1.60. The molecule has 1 unspecified atom stereocenters. The maximum Gasteiger partial charge on any atom is 0.354 e. The molecule has 2 aliphatic rings. The van der Waals surface area contributed by atoms with Crippen LogP contribution in [0.3, 0.4) is 0 Å². The summed E-state index contributed by atoms with van der Waals surface area (Å²) in [6.45, 7) is 3.70. The third-order valence-electron chi connectivity index (χ3n) is 5.26. The molecular weight excluding hydrogens is 384 g/mol. The minimum atomic E-state index is -3.37. The van der Waals surface area contributed by atoms with Crippen molar-refractivity contribution in [1.29, 1.82) is 0 Å². The SMILES string of the molecule is COC(C)(C)c1ncc(S(N)(=O)=NC(=O)Nc2c3c(cc4c2CC4)CC3)s1. The molecule has 4 rings (SSSR count). The summed E-state index contributed by atoms with van der Waals surface area (Å²) in [6.07, 6.45) is 5.37. The lowest BCUT2D eigenvalue weighted by atomic mass is 9.76. The Morgan fingerprint density at radius 2 is 1.93 bits per heavy atom. The summed E-state index contributed by atoms with van der Waals surface area (Å²) < 4.78 is 22.2. The number of thiazole rings is 1. The highest BCUT2D eigenvalue weighted by Crippen LogP contribution is 2.40. The second kappa shape index (κ2) is 6.37. The first-order chi connectivity index (χ1) is 12.7. The third-order valence-corrected chi connectivity index (χ3v) is 8.45. The fourth-order valence-electron chi connectivity index (χ4n) is 3.28. The van der Waals surface area contributed by atoms with Gasteiger partial charge in [0.05, 0.1) is 6.20 Å². The van der Waals surface area contributed by atoms with Gasteiger partial charge in [0.1, 0.15) is 14.8 Å². The van der Waals surface area contributed by atoms with E-state index < -0.39 is 21.5 Å². The molecule has 0 radical (unpaired) electrons. The van der Waals surface area contributed by atoms with E-state index in [4.69, 9.17) is 9.88 Å². The molecule has 27 heavy (non-hydrogen) atoms. The summed E-state index contributed by atoms with van der Waals surface area (Å²) in [5, 5.41) is 9.34. The van der Waals surface area contributed by atoms with Crippen LogP contribution in [0, 0.1) is 0 Å². The van der Waals surface area contributed by atoms with Crippen LogP contribution in [-0.4, -0.2) is 22.3 Å². The molecular formula is C18H22N4O3S2. The van der Waals surface area contributed by atoms with Crippen LogP contribution in [0.15, 0.2) is 20.8 Å². The van der Waals surface area contributed by atoms with Crippen LogP contribution >= 0.6 is 11.3 Å². The molecule has 1 atom stereocenters. The standard InChI is InChI=1S/C18H22N4O3S2/c1-18(2,25-3)16-20-9-14(26-16)27(19,24)22-17(23)21-15-12-6-4-10(12)8-11-5-7-13(11)15/h8-9H,4-7H2,1-3H3,(H3,19,21,22,23,24). The van der Waals surface area contributed by atoms with E-state index in [9.17, 15) is 9.00 Å². The van der Waals surface area contributed by atoms with Crippen LogP contribution in [0.1, 0.15) is 41.1 Å². The largest absolute Gasteiger partial charge is 0.372 e. The number of ether oxygens (including phenoxy) is 1. The fourth-order valence-corrected chi connectivity index (χ4v) is 5.42. The summed E-state index contributed by atoms with van der Waals surface area (Å²) in [5.41, 5.74) is 5.12. The van der Waals surface area contributed by atoms with Gasteiger partial charge < -0.3 is 10.1 Å². The molecule has 0 bridgehead atoms. The highest BCUT2D eigenvalue weighted by atomic mass is 32.2. The van der Waals surface area contributed by atoms with Crippen molar-refractivity contribution in [2.75, 3.05) is 12.4 Å². The van der Waals surface area contributed by atoms with E-state index >= 15 is 0 Å². The van der Waals surface area contributed by atoms with Gasteiger partial charge in [0.15, 0.2) is 9.92 Å². The fraction of sp³-hybridized carbons (Fsp3) is 0.444. The van der Waals surface area contributed by atoms with Gasteiger partial charge in [-0.3, -0.25) is 0 Å². The second-order valence-corrected chi connectivity index (χ2v) is 10.4. The first kappa shape index (κ1) is 18.5. The molecule has 1 heterocycles. The van der Waals surface area contributed by atoms with Crippen LogP contribution in [0.5, 0.6) is 0 Å². The predicted octanol–water partition coefficient (Wildman–Crippen LogP) is 3.15. The van der Waals surface area contributed by atoms with E-state index in [1.165, 1.54) is 28.5 Å². The van der Waals surface area contributed by atoms with Crippen LogP contribution in [0.2, 0.25) is 0 Å². The summed E-state index contributed by atoms with van der Waals surface area (Å²) in [4.78, 5) is 16.7. The second-order valence-electron chi connectivity index (χ2n) is 7.32. The number of urea groups is 1. The monoisotopic (exact) mass is 406 g/mol. The molecule has 0 fully saturated rings. The highest BCUT2D eigenvalue weighted by molar-refractivity contribution is 7.93.